The minimum Gasteiger partial charge on any atom is -0.394 e. The molecule has 1 saturated heterocycles. The molecule has 0 radical (unpaired) electrons. The van der Waals surface area contributed by atoms with Crippen molar-refractivity contribution in [2.45, 2.75) is 56.3 Å². The van der Waals surface area contributed by atoms with Gasteiger partial charge in [-0.3, -0.25) is 4.57 Å². The van der Waals surface area contributed by atoms with Crippen LogP contribution in [-0.4, -0.2) is 65.8 Å². The number of hydrogen-bond acceptors (Lipinski definition) is 8. The van der Waals surface area contributed by atoms with Gasteiger partial charge < -0.3 is 25.4 Å². The second kappa shape index (κ2) is 6.12. The normalized spacial score (nSPS) is 39.1. The molecule has 0 amide bonds. The van der Waals surface area contributed by atoms with Crippen molar-refractivity contribution in [1.29, 1.82) is 0 Å². The van der Waals surface area contributed by atoms with Gasteiger partial charge in [0, 0.05) is 6.04 Å². The lowest BCUT2D eigenvalue weighted by atomic mass is 9.95. The molecular weight excluding hydrogens is 338 g/mol. The molecule has 0 unspecified atom stereocenters. The summed E-state index contributed by atoms with van der Waals surface area (Å²) in [6, 6.07) is 0.422. The second-order valence-electron chi connectivity index (χ2n) is 7.70. The summed E-state index contributed by atoms with van der Waals surface area (Å²) in [5.74, 6) is 2.22. The number of imidazole rings is 1. The SMILES string of the molecule is OC[C@H]1O[C@@H](n2cnc3c(N[C@@H]4C[C@@H]5CC[C@@H]4C5)ncnc32)[C@H](O)[C@@H]1O. The largest absolute Gasteiger partial charge is 0.394 e. The van der Waals surface area contributed by atoms with E-state index in [9.17, 15) is 15.3 Å². The number of fused-ring (bicyclic) bond motifs is 3. The Hall–Kier alpha value is -1.81. The van der Waals surface area contributed by atoms with E-state index in [0.29, 0.717) is 28.9 Å². The first kappa shape index (κ1) is 16.4. The summed E-state index contributed by atoms with van der Waals surface area (Å²) in [5.41, 5.74) is 1.15. The maximum Gasteiger partial charge on any atom is 0.167 e. The van der Waals surface area contributed by atoms with Gasteiger partial charge in [0.2, 0.25) is 0 Å². The van der Waals surface area contributed by atoms with Crippen LogP contribution in [0.2, 0.25) is 0 Å². The summed E-state index contributed by atoms with van der Waals surface area (Å²) in [6.45, 7) is -0.368. The molecule has 140 valence electrons. The monoisotopic (exact) mass is 361 g/mol. The first-order valence-electron chi connectivity index (χ1n) is 9.22. The van der Waals surface area contributed by atoms with E-state index in [1.807, 2.05) is 0 Å². The van der Waals surface area contributed by atoms with Crippen LogP contribution in [0.4, 0.5) is 5.82 Å². The lowest BCUT2D eigenvalue weighted by molar-refractivity contribution is -0.0511. The first-order valence-corrected chi connectivity index (χ1v) is 9.22. The minimum atomic E-state index is -1.17. The molecule has 7 atom stereocenters. The smallest absolute Gasteiger partial charge is 0.167 e. The third-order valence-corrected chi connectivity index (χ3v) is 6.21. The van der Waals surface area contributed by atoms with E-state index in [2.05, 4.69) is 20.3 Å². The zero-order valence-electron chi connectivity index (χ0n) is 14.3. The molecule has 0 aromatic carbocycles. The van der Waals surface area contributed by atoms with Crippen LogP contribution in [0.3, 0.4) is 0 Å². The topological polar surface area (TPSA) is 126 Å². The summed E-state index contributed by atoms with van der Waals surface area (Å²) < 4.78 is 7.18. The predicted octanol–water partition coefficient (Wildman–Crippen LogP) is 0.0383. The van der Waals surface area contributed by atoms with E-state index in [0.717, 1.165) is 5.92 Å². The van der Waals surface area contributed by atoms with Gasteiger partial charge in [0.1, 0.15) is 24.6 Å². The van der Waals surface area contributed by atoms with Crippen LogP contribution in [0.1, 0.15) is 31.9 Å². The maximum absolute atomic E-state index is 10.3. The number of anilines is 1. The van der Waals surface area contributed by atoms with Crippen LogP contribution in [0, 0.1) is 11.8 Å². The average Bonchev–Trinajstić information content (AvgIpc) is 3.41. The molecule has 1 aliphatic heterocycles. The Kier molecular flexibility index (Phi) is 3.85. The Bertz CT molecular complexity index is 814. The molecule has 5 rings (SSSR count). The zero-order chi connectivity index (χ0) is 17.8. The van der Waals surface area contributed by atoms with E-state index >= 15 is 0 Å². The van der Waals surface area contributed by atoms with Crippen molar-refractivity contribution in [2.24, 2.45) is 11.8 Å². The summed E-state index contributed by atoms with van der Waals surface area (Å²) in [7, 11) is 0. The van der Waals surface area contributed by atoms with Crippen molar-refractivity contribution in [3.8, 4) is 0 Å². The third-order valence-electron chi connectivity index (χ3n) is 6.21. The van der Waals surface area contributed by atoms with Gasteiger partial charge in [0.25, 0.3) is 0 Å². The number of rotatable bonds is 4. The first-order chi connectivity index (χ1) is 12.7. The fourth-order valence-corrected chi connectivity index (χ4v) is 4.85. The van der Waals surface area contributed by atoms with Gasteiger partial charge in [0.15, 0.2) is 23.2 Å². The number of aliphatic hydroxyl groups is 3. The van der Waals surface area contributed by atoms with E-state index < -0.39 is 24.5 Å². The molecule has 2 bridgehead atoms. The van der Waals surface area contributed by atoms with Crippen LogP contribution in [0.15, 0.2) is 12.7 Å². The van der Waals surface area contributed by atoms with Crippen molar-refractivity contribution in [3.05, 3.63) is 12.7 Å². The van der Waals surface area contributed by atoms with Gasteiger partial charge in [-0.05, 0) is 31.1 Å². The molecule has 2 aromatic heterocycles. The van der Waals surface area contributed by atoms with E-state index in [1.165, 1.54) is 38.3 Å². The Morgan fingerprint density at radius 2 is 2.04 bits per heavy atom. The zero-order valence-corrected chi connectivity index (χ0v) is 14.3. The highest BCUT2D eigenvalue weighted by molar-refractivity contribution is 5.82. The van der Waals surface area contributed by atoms with Crippen LogP contribution in [-0.2, 0) is 4.74 Å². The van der Waals surface area contributed by atoms with Crippen molar-refractivity contribution in [1.82, 2.24) is 19.5 Å². The number of aromatic nitrogens is 4. The van der Waals surface area contributed by atoms with Gasteiger partial charge in [-0.15, -0.1) is 0 Å². The lowest BCUT2D eigenvalue weighted by Crippen LogP contribution is -2.33. The summed E-state index contributed by atoms with van der Waals surface area (Å²) in [4.78, 5) is 13.1. The number of nitrogens with zero attached hydrogens (tertiary/aromatic N) is 4. The number of nitrogens with one attached hydrogen (secondary N) is 1. The van der Waals surface area contributed by atoms with Crippen molar-refractivity contribution in [3.63, 3.8) is 0 Å². The van der Waals surface area contributed by atoms with Gasteiger partial charge in [-0.1, -0.05) is 6.42 Å². The van der Waals surface area contributed by atoms with Crippen LogP contribution in [0.5, 0.6) is 0 Å². The van der Waals surface area contributed by atoms with Crippen LogP contribution >= 0.6 is 0 Å². The molecule has 2 aliphatic carbocycles. The Labute approximate surface area is 150 Å². The van der Waals surface area contributed by atoms with Crippen molar-refractivity contribution < 1.29 is 20.1 Å². The summed E-state index contributed by atoms with van der Waals surface area (Å²) in [6.07, 6.45) is 4.07. The minimum absolute atomic E-state index is 0.368. The summed E-state index contributed by atoms with van der Waals surface area (Å²) >= 11 is 0. The Morgan fingerprint density at radius 1 is 1.15 bits per heavy atom. The quantitative estimate of drug-likeness (QED) is 0.601. The van der Waals surface area contributed by atoms with Crippen molar-refractivity contribution in [2.75, 3.05) is 11.9 Å². The lowest BCUT2D eigenvalue weighted by Gasteiger charge is -2.23. The number of hydrogen-bond donors (Lipinski definition) is 4. The van der Waals surface area contributed by atoms with E-state index in [4.69, 9.17) is 4.74 Å². The molecule has 3 heterocycles. The highest BCUT2D eigenvalue weighted by Crippen LogP contribution is 2.45. The number of aliphatic hydroxyl groups excluding tert-OH is 3. The maximum atomic E-state index is 10.3. The van der Waals surface area contributed by atoms with Gasteiger partial charge in [-0.2, -0.15) is 0 Å². The fourth-order valence-electron chi connectivity index (χ4n) is 4.85. The van der Waals surface area contributed by atoms with E-state index in [1.54, 1.807) is 4.57 Å². The number of ether oxygens (including phenoxy) is 1. The molecule has 26 heavy (non-hydrogen) atoms. The molecule has 3 fully saturated rings. The van der Waals surface area contributed by atoms with E-state index in [-0.39, 0.29) is 6.61 Å². The molecular formula is C17H23N5O4. The fraction of sp³-hybridized carbons (Fsp3) is 0.706. The highest BCUT2D eigenvalue weighted by atomic mass is 16.6. The van der Waals surface area contributed by atoms with Crippen LogP contribution in [0.25, 0.3) is 11.2 Å². The second-order valence-corrected chi connectivity index (χ2v) is 7.70. The van der Waals surface area contributed by atoms with Crippen molar-refractivity contribution >= 4 is 17.0 Å². The Balaban J connectivity index is 1.44. The average molecular weight is 361 g/mol. The highest BCUT2D eigenvalue weighted by Gasteiger charge is 2.44. The molecule has 2 aromatic rings. The predicted molar refractivity (Wildman–Crippen MR) is 91.2 cm³/mol. The molecule has 4 N–H and O–H groups in total. The third kappa shape index (κ3) is 2.42. The Morgan fingerprint density at radius 3 is 2.73 bits per heavy atom. The van der Waals surface area contributed by atoms with Gasteiger partial charge >= 0.3 is 0 Å². The standard InChI is InChI=1S/C17H23N5O4/c23-5-11-13(24)14(25)17(26-11)22-7-20-12-15(18-6-19-16(12)22)21-10-4-8-1-2-9(10)3-8/h6-11,13-14,17,23-25H,1-5H2,(H,18,19,21)/t8-,9-,10-,11-,13-,14-,17-/m1/s1. The van der Waals surface area contributed by atoms with Gasteiger partial charge in [0.05, 0.1) is 12.9 Å². The summed E-state index contributed by atoms with van der Waals surface area (Å²) in [5, 5.41) is 33.1. The van der Waals surface area contributed by atoms with Crippen LogP contribution < -0.4 is 5.32 Å². The molecule has 9 heteroatoms. The van der Waals surface area contributed by atoms with Gasteiger partial charge in [-0.25, -0.2) is 15.0 Å². The molecule has 3 aliphatic rings. The molecule has 9 nitrogen and oxygen atoms in total. The molecule has 0 spiro atoms. The molecule has 2 saturated carbocycles.